The maximum atomic E-state index is 14.1. The maximum Gasteiger partial charge on any atom is 0.417 e. The molecule has 2 aromatic heterocycles. The van der Waals surface area contributed by atoms with E-state index in [1.807, 2.05) is 18.7 Å². The van der Waals surface area contributed by atoms with Gasteiger partial charge in [0, 0.05) is 61.2 Å². The predicted molar refractivity (Wildman–Crippen MR) is 129 cm³/mol. The van der Waals surface area contributed by atoms with Gasteiger partial charge in [0.1, 0.15) is 23.3 Å². The van der Waals surface area contributed by atoms with E-state index in [1.54, 1.807) is 6.07 Å². The van der Waals surface area contributed by atoms with Crippen molar-refractivity contribution in [1.29, 1.82) is 0 Å². The molecule has 198 valence electrons. The van der Waals surface area contributed by atoms with E-state index in [9.17, 15) is 26.7 Å². The van der Waals surface area contributed by atoms with Crippen molar-refractivity contribution in [2.24, 2.45) is 11.7 Å². The summed E-state index contributed by atoms with van der Waals surface area (Å²) in [5.74, 6) is -1.48. The van der Waals surface area contributed by atoms with Gasteiger partial charge in [0.25, 0.3) is 0 Å². The summed E-state index contributed by atoms with van der Waals surface area (Å²) < 4.78 is 66.9. The first kappa shape index (κ1) is 27.8. The summed E-state index contributed by atoms with van der Waals surface area (Å²) in [4.78, 5) is 25.8. The van der Waals surface area contributed by atoms with Crippen molar-refractivity contribution in [3.05, 3.63) is 65.5 Å². The number of halogens is 5. The molecule has 1 fully saturated rings. The lowest BCUT2D eigenvalue weighted by molar-refractivity contribution is -0.137. The monoisotopic (exact) mass is 522 g/mol. The normalized spacial score (nSPS) is 14.1. The number of carbonyl (C=O) groups is 1. The fraction of sp³-hybridized carbons (Fsp3) is 0.360. The first-order valence-electron chi connectivity index (χ1n) is 11.7. The number of nitrogens with one attached hydrogen (secondary N) is 1. The lowest BCUT2D eigenvalue weighted by Gasteiger charge is -2.31. The molecular weight excluding hydrogens is 495 g/mol. The largest absolute Gasteiger partial charge is 0.417 e. The van der Waals surface area contributed by atoms with Gasteiger partial charge in [-0.3, -0.25) is 9.78 Å². The third kappa shape index (κ3) is 7.11. The Bertz CT molecular complexity index is 1230. The highest BCUT2D eigenvalue weighted by molar-refractivity contribution is 5.77. The van der Waals surface area contributed by atoms with E-state index in [1.165, 1.54) is 12.3 Å². The molecule has 0 atom stereocenters. The minimum atomic E-state index is -4.60. The molecule has 1 amide bonds. The van der Waals surface area contributed by atoms with Crippen molar-refractivity contribution in [2.75, 3.05) is 23.3 Å². The number of anilines is 2. The second-order valence-corrected chi connectivity index (χ2v) is 8.15. The predicted octanol–water partition coefficient (Wildman–Crippen LogP) is 5.18. The molecule has 0 saturated carbocycles. The minimum Gasteiger partial charge on any atom is -0.369 e. The number of pyridine rings is 1. The van der Waals surface area contributed by atoms with E-state index in [4.69, 9.17) is 5.73 Å². The van der Waals surface area contributed by atoms with Crippen molar-refractivity contribution < 1.29 is 26.7 Å². The Morgan fingerprint density at radius 1 is 1.08 bits per heavy atom. The van der Waals surface area contributed by atoms with Crippen LogP contribution >= 0.6 is 0 Å². The smallest absolute Gasteiger partial charge is 0.369 e. The zero-order valence-electron chi connectivity index (χ0n) is 20.3. The second kappa shape index (κ2) is 11.9. The van der Waals surface area contributed by atoms with Gasteiger partial charge < -0.3 is 16.0 Å². The average molecular weight is 523 g/mol. The van der Waals surface area contributed by atoms with Crippen LogP contribution in [-0.2, 0) is 17.5 Å². The van der Waals surface area contributed by atoms with Gasteiger partial charge in [0.2, 0.25) is 5.91 Å². The van der Waals surface area contributed by atoms with Gasteiger partial charge >= 0.3 is 6.18 Å². The zero-order chi connectivity index (χ0) is 27.2. The standard InChI is InChI=1S/C23H21F5N6O.C2H6/c24-17-2-1-14(18(25)8-17)11-31-19-9-20(34-5-3-13(4-6-34)21(29)35)33-22(32-19)15-7-16(12-30-10-15)23(26,27)28;1-2/h1-2,7-10,12-13H,3-6,11H2,(H2,29,35)(H,31,32,33);1-2H3. The van der Waals surface area contributed by atoms with Gasteiger partial charge in [-0.15, -0.1) is 0 Å². The number of benzene rings is 1. The molecule has 0 unspecified atom stereocenters. The summed E-state index contributed by atoms with van der Waals surface area (Å²) in [6.07, 6.45) is -1.67. The van der Waals surface area contributed by atoms with Crippen LogP contribution in [0.2, 0.25) is 0 Å². The van der Waals surface area contributed by atoms with Crippen LogP contribution in [0.5, 0.6) is 0 Å². The summed E-state index contributed by atoms with van der Waals surface area (Å²) in [7, 11) is 0. The Morgan fingerprint density at radius 2 is 1.78 bits per heavy atom. The summed E-state index contributed by atoms with van der Waals surface area (Å²) in [6, 6.07) is 5.64. The van der Waals surface area contributed by atoms with Crippen LogP contribution in [0.4, 0.5) is 33.6 Å². The number of hydrogen-bond acceptors (Lipinski definition) is 6. The molecule has 1 aliphatic heterocycles. The fourth-order valence-electron chi connectivity index (χ4n) is 3.78. The molecule has 4 rings (SSSR count). The molecule has 1 saturated heterocycles. The zero-order valence-corrected chi connectivity index (χ0v) is 20.3. The molecule has 7 nitrogen and oxygen atoms in total. The number of hydrogen-bond donors (Lipinski definition) is 2. The molecule has 0 radical (unpaired) electrons. The van der Waals surface area contributed by atoms with Crippen LogP contribution in [0.25, 0.3) is 11.4 Å². The third-order valence-corrected chi connectivity index (χ3v) is 5.73. The van der Waals surface area contributed by atoms with E-state index in [0.717, 1.165) is 18.2 Å². The fourth-order valence-corrected chi connectivity index (χ4v) is 3.78. The Morgan fingerprint density at radius 3 is 2.41 bits per heavy atom. The van der Waals surface area contributed by atoms with Crippen molar-refractivity contribution in [3.63, 3.8) is 0 Å². The lowest BCUT2D eigenvalue weighted by atomic mass is 9.96. The molecule has 37 heavy (non-hydrogen) atoms. The number of amides is 1. The molecule has 0 aliphatic carbocycles. The maximum absolute atomic E-state index is 14.1. The van der Waals surface area contributed by atoms with Gasteiger partial charge in [-0.1, -0.05) is 19.9 Å². The van der Waals surface area contributed by atoms with E-state index in [2.05, 4.69) is 20.3 Å². The Kier molecular flexibility index (Phi) is 8.95. The molecule has 1 aromatic carbocycles. The van der Waals surface area contributed by atoms with E-state index in [-0.39, 0.29) is 41.1 Å². The van der Waals surface area contributed by atoms with Crippen LogP contribution in [-0.4, -0.2) is 33.9 Å². The molecule has 3 aromatic rings. The van der Waals surface area contributed by atoms with Crippen LogP contribution < -0.4 is 16.0 Å². The first-order chi connectivity index (χ1) is 17.6. The van der Waals surface area contributed by atoms with Crippen LogP contribution in [0.3, 0.4) is 0 Å². The van der Waals surface area contributed by atoms with Crippen molar-refractivity contribution in [2.45, 2.75) is 39.4 Å². The Labute approximate surface area is 210 Å². The van der Waals surface area contributed by atoms with E-state index >= 15 is 0 Å². The second-order valence-electron chi connectivity index (χ2n) is 8.15. The quantitative estimate of drug-likeness (QED) is 0.434. The minimum absolute atomic E-state index is 0.0137. The highest BCUT2D eigenvalue weighted by Crippen LogP contribution is 2.32. The van der Waals surface area contributed by atoms with Gasteiger partial charge in [-0.25, -0.2) is 18.7 Å². The van der Waals surface area contributed by atoms with E-state index in [0.29, 0.717) is 37.9 Å². The third-order valence-electron chi connectivity index (χ3n) is 5.73. The number of rotatable bonds is 6. The van der Waals surface area contributed by atoms with Crippen molar-refractivity contribution >= 4 is 17.5 Å². The van der Waals surface area contributed by atoms with Crippen LogP contribution in [0.15, 0.2) is 42.7 Å². The number of primary amides is 1. The van der Waals surface area contributed by atoms with E-state index < -0.39 is 23.4 Å². The number of carbonyl (C=O) groups excluding carboxylic acids is 1. The van der Waals surface area contributed by atoms with Gasteiger partial charge in [0.05, 0.1) is 5.56 Å². The van der Waals surface area contributed by atoms with Crippen molar-refractivity contribution in [3.8, 4) is 11.4 Å². The molecular formula is C25H27F5N6O. The molecule has 3 heterocycles. The topological polar surface area (TPSA) is 97.0 Å². The SMILES string of the molecule is CC.NC(=O)C1CCN(c2cc(NCc3ccc(F)cc3F)nc(-c3cncc(C(F)(F)F)c3)n2)CC1. The Hall–Kier alpha value is -3.83. The number of aromatic nitrogens is 3. The molecule has 12 heteroatoms. The summed E-state index contributed by atoms with van der Waals surface area (Å²) in [5, 5.41) is 2.93. The molecule has 0 spiro atoms. The van der Waals surface area contributed by atoms with Gasteiger partial charge in [-0.2, -0.15) is 13.2 Å². The van der Waals surface area contributed by atoms with Gasteiger partial charge in [0.15, 0.2) is 5.82 Å². The van der Waals surface area contributed by atoms with Crippen molar-refractivity contribution in [1.82, 2.24) is 15.0 Å². The molecule has 1 aliphatic rings. The lowest BCUT2D eigenvalue weighted by Crippen LogP contribution is -2.39. The van der Waals surface area contributed by atoms with Crippen LogP contribution in [0.1, 0.15) is 37.8 Å². The summed E-state index contributed by atoms with van der Waals surface area (Å²) >= 11 is 0. The highest BCUT2D eigenvalue weighted by atomic mass is 19.4. The first-order valence-corrected chi connectivity index (χ1v) is 11.7. The highest BCUT2D eigenvalue weighted by Gasteiger charge is 2.31. The van der Waals surface area contributed by atoms with Crippen LogP contribution in [0, 0.1) is 17.6 Å². The number of nitrogens with two attached hydrogens (primary N) is 1. The number of piperidine rings is 1. The van der Waals surface area contributed by atoms with Gasteiger partial charge in [-0.05, 0) is 25.0 Å². The summed E-state index contributed by atoms with van der Waals surface area (Å²) in [5.41, 5.74) is 4.67. The number of nitrogens with zero attached hydrogens (tertiary/aromatic N) is 4. The molecule has 0 bridgehead atoms. The molecule has 3 N–H and O–H groups in total. The summed E-state index contributed by atoms with van der Waals surface area (Å²) in [6.45, 7) is 4.86. The Balaban J connectivity index is 0.00000186. The average Bonchev–Trinajstić information content (AvgIpc) is 2.89. The number of alkyl halides is 3.